The maximum atomic E-state index is 14.4. The standard InChI is InChI=1S/C27H34FN7O2/c1-20(36)35-10-9-33(18-22(19-35)15-21-4-5-25-23(16-21)3-2-6-29-25)8-7-30-26-24(28)17-31-27(32-26)34-11-13-37-14-12-34/h2-6,16-17,22H,7-15,18-19H2,1H3,(H,30,31,32). The number of nitrogens with zero attached hydrogens (tertiary/aromatic N) is 6. The van der Waals surface area contributed by atoms with Gasteiger partial charge in [-0.05, 0) is 36.1 Å². The first-order valence-corrected chi connectivity index (χ1v) is 13.0. The Balaban J connectivity index is 1.22. The van der Waals surface area contributed by atoms with Gasteiger partial charge in [-0.3, -0.25) is 14.7 Å². The lowest BCUT2D eigenvalue weighted by Gasteiger charge is -2.27. The van der Waals surface area contributed by atoms with E-state index < -0.39 is 5.82 Å². The zero-order valence-corrected chi connectivity index (χ0v) is 21.3. The Labute approximate surface area is 216 Å². The molecule has 2 saturated heterocycles. The number of pyridine rings is 1. The Hall–Kier alpha value is -3.37. The van der Waals surface area contributed by atoms with Gasteiger partial charge in [-0.2, -0.15) is 4.98 Å². The van der Waals surface area contributed by atoms with Gasteiger partial charge < -0.3 is 19.9 Å². The number of aromatic nitrogens is 3. The van der Waals surface area contributed by atoms with Crippen LogP contribution < -0.4 is 10.2 Å². The van der Waals surface area contributed by atoms with Crippen LogP contribution in [0.4, 0.5) is 16.2 Å². The number of hydrogen-bond donors (Lipinski definition) is 1. The van der Waals surface area contributed by atoms with Crippen LogP contribution in [-0.2, 0) is 16.0 Å². The monoisotopic (exact) mass is 507 g/mol. The van der Waals surface area contributed by atoms with E-state index in [0.717, 1.165) is 43.5 Å². The third-order valence-electron chi connectivity index (χ3n) is 7.06. The van der Waals surface area contributed by atoms with Gasteiger partial charge in [-0.25, -0.2) is 9.37 Å². The second-order valence-electron chi connectivity index (χ2n) is 9.76. The van der Waals surface area contributed by atoms with E-state index in [1.165, 1.54) is 11.8 Å². The smallest absolute Gasteiger partial charge is 0.227 e. The van der Waals surface area contributed by atoms with Crippen molar-refractivity contribution in [3.63, 3.8) is 0 Å². The summed E-state index contributed by atoms with van der Waals surface area (Å²) >= 11 is 0. The van der Waals surface area contributed by atoms with Gasteiger partial charge in [0, 0.05) is 70.9 Å². The molecule has 4 heterocycles. The van der Waals surface area contributed by atoms with Gasteiger partial charge >= 0.3 is 0 Å². The Kier molecular flexibility index (Phi) is 8.05. The summed E-state index contributed by atoms with van der Waals surface area (Å²) in [7, 11) is 0. The third kappa shape index (κ3) is 6.50. The fourth-order valence-electron chi connectivity index (χ4n) is 5.11. The number of fused-ring (bicyclic) bond motifs is 1. The third-order valence-corrected chi connectivity index (χ3v) is 7.06. The summed E-state index contributed by atoms with van der Waals surface area (Å²) < 4.78 is 19.8. The van der Waals surface area contributed by atoms with Crippen LogP contribution in [0, 0.1) is 11.7 Å². The van der Waals surface area contributed by atoms with Crippen molar-refractivity contribution < 1.29 is 13.9 Å². The number of carbonyl (C=O) groups is 1. The van der Waals surface area contributed by atoms with Gasteiger partial charge in [-0.1, -0.05) is 12.1 Å². The lowest BCUT2D eigenvalue weighted by Crippen LogP contribution is -2.37. The molecular formula is C27H34FN7O2. The molecule has 1 unspecified atom stereocenters. The first-order chi connectivity index (χ1) is 18.0. The van der Waals surface area contributed by atoms with E-state index in [1.54, 1.807) is 13.1 Å². The second-order valence-corrected chi connectivity index (χ2v) is 9.76. The Morgan fingerprint density at radius 2 is 2.00 bits per heavy atom. The van der Waals surface area contributed by atoms with Crippen molar-refractivity contribution in [1.82, 2.24) is 24.8 Å². The average molecular weight is 508 g/mol. The van der Waals surface area contributed by atoms with E-state index in [-0.39, 0.29) is 11.7 Å². The Morgan fingerprint density at radius 3 is 2.84 bits per heavy atom. The van der Waals surface area contributed by atoms with Gasteiger partial charge in [0.2, 0.25) is 11.9 Å². The maximum absolute atomic E-state index is 14.4. The number of hydrogen-bond acceptors (Lipinski definition) is 8. The van der Waals surface area contributed by atoms with Crippen molar-refractivity contribution in [3.05, 3.63) is 54.1 Å². The molecule has 9 nitrogen and oxygen atoms in total. The van der Waals surface area contributed by atoms with Crippen LogP contribution in [0.25, 0.3) is 10.9 Å². The molecule has 196 valence electrons. The van der Waals surface area contributed by atoms with Gasteiger partial charge in [0.1, 0.15) is 0 Å². The molecule has 0 radical (unpaired) electrons. The number of halogens is 1. The molecule has 3 aromatic rings. The van der Waals surface area contributed by atoms with Crippen LogP contribution >= 0.6 is 0 Å². The maximum Gasteiger partial charge on any atom is 0.227 e. The van der Waals surface area contributed by atoms with Crippen molar-refractivity contribution in [2.75, 3.05) is 75.8 Å². The molecule has 1 aromatic carbocycles. The van der Waals surface area contributed by atoms with E-state index in [0.29, 0.717) is 51.3 Å². The normalized spacial score (nSPS) is 19.1. The largest absolute Gasteiger partial charge is 0.378 e. The lowest BCUT2D eigenvalue weighted by atomic mass is 9.97. The molecule has 2 aliphatic rings. The number of benzene rings is 1. The van der Waals surface area contributed by atoms with E-state index in [2.05, 4.69) is 49.4 Å². The summed E-state index contributed by atoms with van der Waals surface area (Å²) in [6.45, 7) is 8.60. The van der Waals surface area contributed by atoms with E-state index >= 15 is 0 Å². The van der Waals surface area contributed by atoms with Crippen LogP contribution in [0.5, 0.6) is 0 Å². The number of ether oxygens (including phenoxy) is 1. The molecule has 0 bridgehead atoms. The summed E-state index contributed by atoms with van der Waals surface area (Å²) in [5.41, 5.74) is 2.23. The number of anilines is 2. The molecular weight excluding hydrogens is 473 g/mol. The van der Waals surface area contributed by atoms with Gasteiger partial charge in [0.15, 0.2) is 11.6 Å². The van der Waals surface area contributed by atoms with Crippen molar-refractivity contribution >= 4 is 28.6 Å². The molecule has 2 aromatic heterocycles. The van der Waals surface area contributed by atoms with Crippen molar-refractivity contribution in [2.45, 2.75) is 13.3 Å². The van der Waals surface area contributed by atoms with E-state index in [1.807, 2.05) is 15.9 Å². The summed E-state index contributed by atoms with van der Waals surface area (Å²) in [5, 5.41) is 4.29. The first-order valence-electron chi connectivity index (χ1n) is 13.0. The van der Waals surface area contributed by atoms with Crippen LogP contribution in [0.1, 0.15) is 12.5 Å². The summed E-state index contributed by atoms with van der Waals surface area (Å²) in [5.74, 6) is 0.678. The Morgan fingerprint density at radius 1 is 1.14 bits per heavy atom. The zero-order valence-electron chi connectivity index (χ0n) is 21.3. The predicted molar refractivity (Wildman–Crippen MR) is 141 cm³/mol. The minimum atomic E-state index is -0.459. The van der Waals surface area contributed by atoms with Crippen LogP contribution in [-0.4, -0.2) is 96.2 Å². The van der Waals surface area contributed by atoms with E-state index in [9.17, 15) is 9.18 Å². The zero-order chi connectivity index (χ0) is 25.6. The quantitative estimate of drug-likeness (QED) is 0.522. The number of rotatable bonds is 7. The highest BCUT2D eigenvalue weighted by atomic mass is 19.1. The molecule has 0 aliphatic carbocycles. The number of carbonyl (C=O) groups excluding carboxylic acids is 1. The molecule has 2 aliphatic heterocycles. The van der Waals surface area contributed by atoms with Gasteiger partial charge in [-0.15, -0.1) is 0 Å². The highest BCUT2D eigenvalue weighted by Gasteiger charge is 2.24. The lowest BCUT2D eigenvalue weighted by molar-refractivity contribution is -0.129. The van der Waals surface area contributed by atoms with Crippen molar-refractivity contribution in [1.29, 1.82) is 0 Å². The van der Waals surface area contributed by atoms with Crippen LogP contribution in [0.15, 0.2) is 42.7 Å². The number of morpholine rings is 1. The Bertz CT molecular complexity index is 1220. The predicted octanol–water partition coefficient (Wildman–Crippen LogP) is 2.44. The molecule has 10 heteroatoms. The highest BCUT2D eigenvalue weighted by molar-refractivity contribution is 5.79. The fraction of sp³-hybridized carbons (Fsp3) is 0.481. The number of nitrogens with one attached hydrogen (secondary N) is 1. The van der Waals surface area contributed by atoms with E-state index in [4.69, 9.17) is 4.74 Å². The summed E-state index contributed by atoms with van der Waals surface area (Å²) in [6, 6.07) is 10.4. The fourth-order valence-corrected chi connectivity index (χ4v) is 5.11. The highest BCUT2D eigenvalue weighted by Crippen LogP contribution is 2.20. The average Bonchev–Trinajstić information content (AvgIpc) is 3.12. The van der Waals surface area contributed by atoms with Gasteiger partial charge in [0.05, 0.1) is 24.9 Å². The molecule has 5 rings (SSSR count). The summed E-state index contributed by atoms with van der Waals surface area (Å²) in [6.07, 6.45) is 3.91. The minimum Gasteiger partial charge on any atom is -0.378 e. The van der Waals surface area contributed by atoms with Crippen molar-refractivity contribution in [3.8, 4) is 0 Å². The van der Waals surface area contributed by atoms with Gasteiger partial charge in [0.25, 0.3) is 0 Å². The molecule has 2 fully saturated rings. The molecule has 1 atom stereocenters. The summed E-state index contributed by atoms with van der Waals surface area (Å²) in [4.78, 5) is 31.6. The first kappa shape index (κ1) is 25.3. The topological polar surface area (TPSA) is 86.7 Å². The molecule has 1 N–H and O–H groups in total. The van der Waals surface area contributed by atoms with Crippen molar-refractivity contribution in [2.24, 2.45) is 5.92 Å². The molecule has 0 spiro atoms. The second kappa shape index (κ2) is 11.8. The molecule has 37 heavy (non-hydrogen) atoms. The number of amides is 1. The van der Waals surface area contributed by atoms with Crippen LogP contribution in [0.2, 0.25) is 0 Å². The molecule has 1 amide bonds. The van der Waals surface area contributed by atoms with Crippen LogP contribution in [0.3, 0.4) is 0 Å². The molecule has 0 saturated carbocycles. The SMILES string of the molecule is CC(=O)N1CCN(CCNc2nc(N3CCOCC3)ncc2F)CC(Cc2ccc3ncccc3c2)C1. The minimum absolute atomic E-state index is 0.103.